The van der Waals surface area contributed by atoms with E-state index in [0.29, 0.717) is 49.4 Å². The highest BCUT2D eigenvalue weighted by Crippen LogP contribution is 2.37. The van der Waals surface area contributed by atoms with Crippen LogP contribution in [-0.4, -0.2) is 67.5 Å². The number of hydrogen-bond acceptors (Lipinski definition) is 6. The lowest BCUT2D eigenvalue weighted by atomic mass is 10.0. The van der Waals surface area contributed by atoms with Crippen LogP contribution >= 0.6 is 11.6 Å². The Balaban J connectivity index is 1.61. The van der Waals surface area contributed by atoms with E-state index in [9.17, 15) is 14.8 Å². The Morgan fingerprint density at radius 1 is 1.11 bits per heavy atom. The number of ether oxygens (including phenoxy) is 1. The minimum atomic E-state index is -1.37. The highest BCUT2D eigenvalue weighted by Gasteiger charge is 2.37. The first-order valence-corrected chi connectivity index (χ1v) is 13.2. The van der Waals surface area contributed by atoms with Gasteiger partial charge in [-0.25, -0.2) is 4.79 Å². The zero-order valence-corrected chi connectivity index (χ0v) is 22.1. The summed E-state index contributed by atoms with van der Waals surface area (Å²) in [5.74, 6) is -0.0773. The Kier molecular flexibility index (Phi) is 9.39. The molecule has 10 heteroatoms. The van der Waals surface area contributed by atoms with Crippen molar-refractivity contribution in [3.8, 4) is 0 Å². The number of fused-ring (bicyclic) bond motifs is 1. The summed E-state index contributed by atoms with van der Waals surface area (Å²) in [6.07, 6.45) is -0.0920. The lowest BCUT2D eigenvalue weighted by molar-refractivity contribution is -0.124. The van der Waals surface area contributed by atoms with Crippen molar-refractivity contribution in [1.29, 1.82) is 0 Å². The molecule has 200 valence electrons. The first kappa shape index (κ1) is 27.3. The van der Waals surface area contributed by atoms with Crippen molar-refractivity contribution in [2.24, 2.45) is 5.92 Å². The Hall–Kier alpha value is -2.69. The highest BCUT2D eigenvalue weighted by molar-refractivity contribution is 6.30. The standard InChI is InChI=1S/C27H35ClN5O4/c1-19(2)11-14-32-23-6-4-3-5-22(23)24(12-13-31-15-17-37-18-16-31)33(36)25(26(32)34)30-27(35)29-21-9-7-20(28)8-10-21/h3-10,19,24-25H,11-18H2,1-2H3,(H2,29,30,35)/q-1. The van der Waals surface area contributed by atoms with Crippen molar-refractivity contribution in [3.63, 3.8) is 0 Å². The molecule has 9 nitrogen and oxygen atoms in total. The molecule has 2 unspecified atom stereocenters. The van der Waals surface area contributed by atoms with Gasteiger partial charge in [0.25, 0.3) is 5.91 Å². The van der Waals surface area contributed by atoms with Crippen molar-refractivity contribution in [3.05, 3.63) is 64.3 Å². The zero-order valence-electron chi connectivity index (χ0n) is 21.4. The molecule has 2 aliphatic rings. The highest BCUT2D eigenvalue weighted by atomic mass is 35.5. The maximum atomic E-state index is 13.9. The molecule has 37 heavy (non-hydrogen) atoms. The number of hydroxylamine groups is 2. The number of morpholine rings is 1. The van der Waals surface area contributed by atoms with Gasteiger partial charge in [-0.05, 0) is 54.7 Å². The topological polar surface area (TPSA) is 100 Å². The van der Waals surface area contributed by atoms with Crippen molar-refractivity contribution >= 4 is 34.9 Å². The van der Waals surface area contributed by atoms with Crippen molar-refractivity contribution in [2.45, 2.75) is 38.9 Å². The molecule has 0 aliphatic carbocycles. The molecule has 0 saturated carbocycles. The van der Waals surface area contributed by atoms with Crippen LogP contribution in [0.15, 0.2) is 48.5 Å². The van der Waals surface area contributed by atoms with Crippen LogP contribution < -0.4 is 15.5 Å². The number of nitrogens with zero attached hydrogens (tertiary/aromatic N) is 3. The van der Waals surface area contributed by atoms with E-state index in [1.807, 2.05) is 24.3 Å². The van der Waals surface area contributed by atoms with Gasteiger partial charge < -0.3 is 30.5 Å². The van der Waals surface area contributed by atoms with Gasteiger partial charge in [-0.1, -0.05) is 43.6 Å². The predicted molar refractivity (Wildman–Crippen MR) is 145 cm³/mol. The summed E-state index contributed by atoms with van der Waals surface area (Å²) in [5.41, 5.74) is 2.03. The third-order valence-electron chi connectivity index (χ3n) is 6.77. The monoisotopic (exact) mass is 528 g/mol. The number of para-hydroxylation sites is 1. The smallest absolute Gasteiger partial charge is 0.320 e. The van der Waals surface area contributed by atoms with Crippen LogP contribution in [0.25, 0.3) is 0 Å². The second-order valence-corrected chi connectivity index (χ2v) is 10.3. The number of halogens is 1. The first-order valence-electron chi connectivity index (χ1n) is 12.8. The summed E-state index contributed by atoms with van der Waals surface area (Å²) in [7, 11) is 0. The van der Waals surface area contributed by atoms with E-state index < -0.39 is 24.1 Å². The SMILES string of the molecule is CC(C)CCN1C(=O)C(NC(=O)Nc2ccc(Cl)cc2)N([O-])C(CCN2CCOCC2)c2ccccc21. The third kappa shape index (κ3) is 7.00. The zero-order chi connectivity index (χ0) is 26.4. The molecule has 3 amide bonds. The molecule has 2 aromatic rings. The number of carbonyl (C=O) groups excluding carboxylic acids is 2. The van der Waals surface area contributed by atoms with Crippen LogP contribution in [0.3, 0.4) is 0 Å². The Bertz CT molecular complexity index is 1060. The molecule has 2 atom stereocenters. The third-order valence-corrected chi connectivity index (χ3v) is 7.02. The molecule has 2 N–H and O–H groups in total. The number of rotatable bonds is 8. The van der Waals surface area contributed by atoms with Gasteiger partial charge in [0.2, 0.25) is 0 Å². The largest absolute Gasteiger partial charge is 0.783 e. The number of urea groups is 1. The summed E-state index contributed by atoms with van der Waals surface area (Å²) in [5, 5.41) is 20.5. The fraction of sp³-hybridized carbons (Fsp3) is 0.481. The number of benzene rings is 2. The summed E-state index contributed by atoms with van der Waals surface area (Å²) in [4.78, 5) is 30.6. The molecule has 0 radical (unpaired) electrons. The molecule has 2 aliphatic heterocycles. The summed E-state index contributed by atoms with van der Waals surface area (Å²) in [6.45, 7) is 8.26. The average Bonchev–Trinajstić information content (AvgIpc) is 2.97. The van der Waals surface area contributed by atoms with Crippen LogP contribution in [0.5, 0.6) is 0 Å². The Morgan fingerprint density at radius 3 is 2.51 bits per heavy atom. The van der Waals surface area contributed by atoms with Gasteiger partial charge in [0, 0.05) is 48.6 Å². The van der Waals surface area contributed by atoms with Gasteiger partial charge >= 0.3 is 6.03 Å². The minimum absolute atomic E-state index is 0.364. The summed E-state index contributed by atoms with van der Waals surface area (Å²) < 4.78 is 5.45. The molecule has 2 aromatic carbocycles. The van der Waals surface area contributed by atoms with Crippen LogP contribution in [0.2, 0.25) is 5.02 Å². The number of nitrogens with one attached hydrogen (secondary N) is 2. The quantitative estimate of drug-likeness (QED) is 0.525. The van der Waals surface area contributed by atoms with Gasteiger partial charge in [0.1, 0.15) is 0 Å². The average molecular weight is 529 g/mol. The second-order valence-electron chi connectivity index (χ2n) is 9.86. The van der Waals surface area contributed by atoms with Crippen LogP contribution in [0.4, 0.5) is 16.2 Å². The maximum absolute atomic E-state index is 13.9. The molecular formula is C27H35ClN5O4-. The molecule has 2 heterocycles. The first-order chi connectivity index (χ1) is 17.8. The fourth-order valence-electron chi connectivity index (χ4n) is 4.69. The van der Waals surface area contributed by atoms with Gasteiger partial charge in [0.05, 0.1) is 13.2 Å². The summed E-state index contributed by atoms with van der Waals surface area (Å²) >= 11 is 5.94. The van der Waals surface area contributed by atoms with E-state index in [-0.39, 0.29) is 0 Å². The molecule has 1 saturated heterocycles. The Labute approximate surface area is 223 Å². The van der Waals surface area contributed by atoms with Gasteiger partial charge in [0.15, 0.2) is 6.17 Å². The van der Waals surface area contributed by atoms with Crippen LogP contribution in [0.1, 0.15) is 38.3 Å². The van der Waals surface area contributed by atoms with E-state index in [4.69, 9.17) is 16.3 Å². The molecule has 4 rings (SSSR count). The van der Waals surface area contributed by atoms with E-state index in [2.05, 4.69) is 29.4 Å². The van der Waals surface area contributed by atoms with Crippen LogP contribution in [0, 0.1) is 11.1 Å². The van der Waals surface area contributed by atoms with Gasteiger partial charge in [-0.3, -0.25) is 9.69 Å². The summed E-state index contributed by atoms with van der Waals surface area (Å²) in [6, 6.07) is 12.9. The fourth-order valence-corrected chi connectivity index (χ4v) is 4.81. The van der Waals surface area contributed by atoms with E-state index in [1.54, 1.807) is 29.2 Å². The number of carbonyl (C=O) groups is 2. The number of amides is 3. The minimum Gasteiger partial charge on any atom is -0.783 e. The van der Waals surface area contributed by atoms with E-state index >= 15 is 0 Å². The molecular weight excluding hydrogens is 494 g/mol. The maximum Gasteiger partial charge on any atom is 0.320 e. The lowest BCUT2D eigenvalue weighted by Crippen LogP contribution is -2.56. The van der Waals surface area contributed by atoms with Gasteiger partial charge in [-0.2, -0.15) is 0 Å². The van der Waals surface area contributed by atoms with E-state index in [1.165, 1.54) is 0 Å². The second kappa shape index (κ2) is 12.7. The number of hydrogen-bond donors (Lipinski definition) is 2. The molecule has 0 bridgehead atoms. The van der Waals surface area contributed by atoms with E-state index in [0.717, 1.165) is 35.8 Å². The predicted octanol–water partition coefficient (Wildman–Crippen LogP) is 4.44. The van der Waals surface area contributed by atoms with Crippen molar-refractivity contribution < 1.29 is 14.3 Å². The van der Waals surface area contributed by atoms with Crippen molar-refractivity contribution in [1.82, 2.24) is 15.3 Å². The molecule has 0 spiro atoms. The molecule has 0 aromatic heterocycles. The lowest BCUT2D eigenvalue weighted by Gasteiger charge is -2.42. The van der Waals surface area contributed by atoms with Gasteiger partial charge in [-0.15, -0.1) is 0 Å². The van der Waals surface area contributed by atoms with Crippen molar-refractivity contribution in [2.75, 3.05) is 49.6 Å². The number of anilines is 2. The Morgan fingerprint density at radius 2 is 1.81 bits per heavy atom. The van der Waals surface area contributed by atoms with Crippen LogP contribution in [-0.2, 0) is 9.53 Å². The molecule has 1 fully saturated rings. The normalized spacial score (nSPS) is 21.0.